The number of fused-ring (bicyclic) bond motifs is 2. The van der Waals surface area contributed by atoms with Gasteiger partial charge in [-0.05, 0) is 36.2 Å². The van der Waals surface area contributed by atoms with E-state index in [2.05, 4.69) is 15.6 Å². The molecule has 0 spiro atoms. The highest BCUT2D eigenvalue weighted by Gasteiger charge is 2.11. The molecular weight excluding hydrogens is 320 g/mol. The predicted octanol–water partition coefficient (Wildman–Crippen LogP) is 4.28. The first-order valence-electron chi connectivity index (χ1n) is 7.69. The lowest BCUT2D eigenvalue weighted by molar-refractivity contribution is 0.559. The van der Waals surface area contributed by atoms with Gasteiger partial charge in [0.15, 0.2) is 5.16 Å². The highest BCUT2D eigenvalue weighted by atomic mass is 32.2. The van der Waals surface area contributed by atoms with Crippen molar-refractivity contribution in [1.29, 1.82) is 0 Å². The van der Waals surface area contributed by atoms with Crippen LogP contribution in [0.3, 0.4) is 0 Å². The maximum Gasteiger partial charge on any atom is 0.336 e. The average molecular weight is 336 g/mol. The van der Waals surface area contributed by atoms with Crippen LogP contribution in [-0.4, -0.2) is 9.55 Å². The van der Waals surface area contributed by atoms with E-state index in [1.54, 1.807) is 17.8 Å². The van der Waals surface area contributed by atoms with E-state index in [-0.39, 0.29) is 5.63 Å². The highest BCUT2D eigenvalue weighted by Crippen LogP contribution is 2.28. The molecule has 0 saturated carbocycles. The Morgan fingerprint density at radius 2 is 2.00 bits per heavy atom. The Labute approximate surface area is 143 Å². The molecule has 24 heavy (non-hydrogen) atoms. The van der Waals surface area contributed by atoms with E-state index in [1.807, 2.05) is 50.4 Å². The van der Waals surface area contributed by atoms with Crippen LogP contribution in [-0.2, 0) is 12.8 Å². The molecule has 2 aromatic carbocycles. The number of thioether (sulfide) groups is 1. The molecule has 0 atom stereocenters. The number of hydrogen-bond acceptors (Lipinski definition) is 4. The summed E-state index contributed by atoms with van der Waals surface area (Å²) in [6, 6.07) is 15.6. The smallest absolute Gasteiger partial charge is 0.336 e. The van der Waals surface area contributed by atoms with Crippen molar-refractivity contribution in [3.05, 3.63) is 70.1 Å². The van der Waals surface area contributed by atoms with Gasteiger partial charge in [0.2, 0.25) is 0 Å². The monoisotopic (exact) mass is 336 g/mol. The number of imidazole rings is 1. The summed E-state index contributed by atoms with van der Waals surface area (Å²) >= 11 is 1.62. The summed E-state index contributed by atoms with van der Waals surface area (Å²) in [4.78, 5) is 16.5. The lowest BCUT2D eigenvalue weighted by atomic mass is 10.1. The summed E-state index contributed by atoms with van der Waals surface area (Å²) in [5.74, 6) is 0.669. The Morgan fingerprint density at radius 1 is 1.17 bits per heavy atom. The second kappa shape index (κ2) is 5.83. The Balaban J connectivity index is 1.71. The Bertz CT molecular complexity index is 1110. The number of nitrogens with zero attached hydrogens (tertiary/aromatic N) is 2. The maximum absolute atomic E-state index is 11.8. The molecule has 4 nitrogen and oxygen atoms in total. The number of para-hydroxylation sites is 2. The molecule has 2 aromatic heterocycles. The van der Waals surface area contributed by atoms with Crippen molar-refractivity contribution in [1.82, 2.24) is 9.55 Å². The summed E-state index contributed by atoms with van der Waals surface area (Å²) in [7, 11) is 2.01. The summed E-state index contributed by atoms with van der Waals surface area (Å²) in [6.07, 6.45) is 0. The van der Waals surface area contributed by atoms with E-state index in [1.165, 1.54) is 0 Å². The first-order valence-corrected chi connectivity index (χ1v) is 8.68. The van der Waals surface area contributed by atoms with Crippen molar-refractivity contribution >= 4 is 33.8 Å². The number of aryl methyl sites for hydroxylation is 2. The van der Waals surface area contributed by atoms with Crippen molar-refractivity contribution in [2.45, 2.75) is 17.8 Å². The van der Waals surface area contributed by atoms with Gasteiger partial charge in [-0.3, -0.25) is 0 Å². The maximum atomic E-state index is 11.8. The van der Waals surface area contributed by atoms with Gasteiger partial charge in [0, 0.05) is 24.3 Å². The second-order valence-corrected chi connectivity index (χ2v) is 6.76. The molecule has 0 aliphatic heterocycles. The molecule has 120 valence electrons. The average Bonchev–Trinajstić information content (AvgIpc) is 2.88. The van der Waals surface area contributed by atoms with E-state index in [9.17, 15) is 4.79 Å². The van der Waals surface area contributed by atoms with E-state index >= 15 is 0 Å². The first-order chi connectivity index (χ1) is 11.6. The largest absolute Gasteiger partial charge is 0.423 e. The van der Waals surface area contributed by atoms with Gasteiger partial charge in [-0.1, -0.05) is 36.0 Å². The quantitative estimate of drug-likeness (QED) is 0.414. The van der Waals surface area contributed by atoms with Gasteiger partial charge >= 0.3 is 5.63 Å². The predicted molar refractivity (Wildman–Crippen MR) is 97.5 cm³/mol. The third kappa shape index (κ3) is 2.61. The number of benzene rings is 2. The minimum atomic E-state index is -0.311. The van der Waals surface area contributed by atoms with Crippen LogP contribution in [0.25, 0.3) is 22.0 Å². The topological polar surface area (TPSA) is 48.0 Å². The van der Waals surface area contributed by atoms with Crippen molar-refractivity contribution in [3.8, 4) is 0 Å². The molecule has 0 bridgehead atoms. The first kappa shape index (κ1) is 15.0. The molecule has 0 N–H and O–H groups in total. The van der Waals surface area contributed by atoms with Gasteiger partial charge in [0.1, 0.15) is 5.58 Å². The van der Waals surface area contributed by atoms with E-state index < -0.39 is 0 Å². The molecule has 4 rings (SSSR count). The van der Waals surface area contributed by atoms with Crippen molar-refractivity contribution in [2.75, 3.05) is 0 Å². The molecule has 5 heteroatoms. The van der Waals surface area contributed by atoms with Gasteiger partial charge < -0.3 is 8.98 Å². The third-order valence-electron chi connectivity index (χ3n) is 4.09. The molecule has 0 aliphatic carbocycles. The van der Waals surface area contributed by atoms with Crippen molar-refractivity contribution in [3.63, 3.8) is 0 Å². The molecule has 0 fully saturated rings. The van der Waals surface area contributed by atoms with Gasteiger partial charge in [0.05, 0.1) is 11.0 Å². The van der Waals surface area contributed by atoms with Crippen molar-refractivity contribution in [2.24, 2.45) is 7.05 Å². The fraction of sp³-hybridized carbons (Fsp3) is 0.158. The standard InChI is InChI=1S/C19H16N2O2S/c1-12-7-8-14-13(10-18(22)23-17(14)9-12)11-24-19-20-15-5-3-4-6-16(15)21(19)2/h3-10H,11H2,1-2H3. The zero-order valence-corrected chi connectivity index (χ0v) is 14.3. The SMILES string of the molecule is Cc1ccc2c(CSc3nc4ccccc4n3C)cc(=O)oc2c1. The highest BCUT2D eigenvalue weighted by molar-refractivity contribution is 7.98. The third-order valence-corrected chi connectivity index (χ3v) is 5.17. The molecule has 0 unspecified atom stereocenters. The Kier molecular flexibility index (Phi) is 3.65. The summed E-state index contributed by atoms with van der Waals surface area (Å²) in [5, 5.41) is 1.91. The van der Waals surface area contributed by atoms with Gasteiger partial charge in [-0.15, -0.1) is 0 Å². The van der Waals surface area contributed by atoms with E-state index in [0.717, 1.165) is 32.7 Å². The van der Waals surface area contributed by atoms with Gasteiger partial charge in [-0.2, -0.15) is 0 Å². The number of hydrogen-bond donors (Lipinski definition) is 0. The van der Waals surface area contributed by atoms with Crippen LogP contribution >= 0.6 is 11.8 Å². The lowest BCUT2D eigenvalue weighted by Crippen LogP contribution is -2.00. The zero-order chi connectivity index (χ0) is 16.7. The van der Waals surface area contributed by atoms with Crippen LogP contribution in [0, 0.1) is 6.92 Å². The Morgan fingerprint density at radius 3 is 2.83 bits per heavy atom. The van der Waals surface area contributed by atoms with E-state index in [0.29, 0.717) is 11.3 Å². The molecule has 4 aromatic rings. The minimum absolute atomic E-state index is 0.311. The second-order valence-electron chi connectivity index (χ2n) is 5.82. The Hall–Kier alpha value is -2.53. The van der Waals surface area contributed by atoms with Crippen LogP contribution in [0.4, 0.5) is 0 Å². The normalized spacial score (nSPS) is 11.4. The van der Waals surface area contributed by atoms with Crippen LogP contribution in [0.1, 0.15) is 11.1 Å². The van der Waals surface area contributed by atoms with Crippen LogP contribution < -0.4 is 5.63 Å². The van der Waals surface area contributed by atoms with E-state index in [4.69, 9.17) is 4.42 Å². The summed E-state index contributed by atoms with van der Waals surface area (Å²) < 4.78 is 7.40. The van der Waals surface area contributed by atoms with Crippen LogP contribution in [0.5, 0.6) is 0 Å². The minimum Gasteiger partial charge on any atom is -0.423 e. The van der Waals surface area contributed by atoms with Crippen molar-refractivity contribution < 1.29 is 4.42 Å². The van der Waals surface area contributed by atoms with Crippen LogP contribution in [0.15, 0.2) is 62.9 Å². The fourth-order valence-electron chi connectivity index (χ4n) is 2.85. The number of aromatic nitrogens is 2. The van der Waals surface area contributed by atoms with Gasteiger partial charge in [0.25, 0.3) is 0 Å². The summed E-state index contributed by atoms with van der Waals surface area (Å²) in [6.45, 7) is 1.99. The lowest BCUT2D eigenvalue weighted by Gasteiger charge is -2.06. The fourth-order valence-corrected chi connectivity index (χ4v) is 3.83. The molecule has 0 amide bonds. The van der Waals surface area contributed by atoms with Crippen LogP contribution in [0.2, 0.25) is 0 Å². The molecule has 0 aliphatic rings. The number of rotatable bonds is 3. The zero-order valence-electron chi connectivity index (χ0n) is 13.4. The molecule has 0 radical (unpaired) electrons. The molecular formula is C19H16N2O2S. The molecule has 2 heterocycles. The molecule has 0 saturated heterocycles. The van der Waals surface area contributed by atoms with Gasteiger partial charge in [-0.25, -0.2) is 9.78 Å². The summed E-state index contributed by atoms with van der Waals surface area (Å²) in [5.41, 5.74) is 4.46.